The summed E-state index contributed by atoms with van der Waals surface area (Å²) in [6, 6.07) is 3.87. The van der Waals surface area contributed by atoms with Gasteiger partial charge in [-0.3, -0.25) is 23.9 Å². The van der Waals surface area contributed by atoms with Crippen molar-refractivity contribution in [2.24, 2.45) is 4.40 Å². The fourth-order valence-electron chi connectivity index (χ4n) is 1.43. The van der Waals surface area contributed by atoms with Crippen molar-refractivity contribution >= 4 is 37.7 Å². The molecule has 0 spiro atoms. The third kappa shape index (κ3) is 5.42. The number of anilines is 1. The number of nitrogens with zero attached hydrogens (tertiary/aromatic N) is 2. The number of hydrogen-bond donors (Lipinski definition) is 3. The maximum absolute atomic E-state index is 11.2. The van der Waals surface area contributed by atoms with Crippen molar-refractivity contribution < 1.29 is 30.9 Å². The summed E-state index contributed by atoms with van der Waals surface area (Å²) in [6.07, 6.45) is 0. The lowest BCUT2D eigenvalue weighted by Gasteiger charge is -2.15. The van der Waals surface area contributed by atoms with E-state index in [0.29, 0.717) is 11.3 Å². The van der Waals surface area contributed by atoms with Gasteiger partial charge in [0.05, 0.1) is 16.3 Å². The number of benzene rings is 1. The lowest BCUT2D eigenvalue weighted by Crippen LogP contribution is -2.19. The molecule has 2 rings (SSSR count). The van der Waals surface area contributed by atoms with Crippen molar-refractivity contribution in [1.82, 2.24) is 0 Å². The third-order valence-corrected chi connectivity index (χ3v) is 3.09. The molecule has 0 atom stereocenters. The van der Waals surface area contributed by atoms with Gasteiger partial charge in [0.25, 0.3) is 5.69 Å². The first-order valence-electron chi connectivity index (χ1n) is 4.97. The van der Waals surface area contributed by atoms with Crippen molar-refractivity contribution in [3.8, 4) is 0 Å². The van der Waals surface area contributed by atoms with E-state index in [4.69, 9.17) is 17.5 Å². The number of rotatable bonds is 1. The lowest BCUT2D eigenvalue weighted by molar-refractivity contribution is -0.384. The van der Waals surface area contributed by atoms with Crippen LogP contribution in [0.3, 0.4) is 0 Å². The van der Waals surface area contributed by atoms with Crippen LogP contribution in [-0.4, -0.2) is 36.6 Å². The minimum absolute atomic E-state index is 0.102. The molecule has 0 aromatic heterocycles. The largest absolute Gasteiger partial charge is 0.394 e. The van der Waals surface area contributed by atoms with E-state index in [-0.39, 0.29) is 11.4 Å². The summed E-state index contributed by atoms with van der Waals surface area (Å²) < 4.78 is 59.6. The van der Waals surface area contributed by atoms with Gasteiger partial charge in [0, 0.05) is 17.7 Å². The van der Waals surface area contributed by atoms with Gasteiger partial charge in [0.1, 0.15) is 0 Å². The van der Waals surface area contributed by atoms with Gasteiger partial charge in [0.15, 0.2) is 0 Å². The molecular formula is C8H9N3O8S2. The highest BCUT2D eigenvalue weighted by Crippen LogP contribution is 2.27. The summed E-state index contributed by atoms with van der Waals surface area (Å²) in [5, 5.41) is 10.5. The van der Waals surface area contributed by atoms with E-state index in [2.05, 4.69) is 9.12 Å². The minimum Gasteiger partial charge on any atom is -0.264 e. The molecule has 0 bridgehead atoms. The SMILES string of the molecule is CC1=NS(=O)(=O)Nc2ccc([N+](=O)[O-])cc21.O=S(=O)(O)O. The van der Waals surface area contributed by atoms with Crippen LogP contribution in [0.15, 0.2) is 22.6 Å². The standard InChI is InChI=1S/C8H7N3O4S.H2O4S/c1-5-7-4-6(11(12)13)2-3-8(7)10-16(14,15)9-5;1-5(2,3)4/h2-4,10H,1H3;(H2,1,2,3,4). The van der Waals surface area contributed by atoms with E-state index < -0.39 is 25.5 Å². The van der Waals surface area contributed by atoms with Gasteiger partial charge in [0.2, 0.25) is 0 Å². The molecule has 1 aromatic rings. The minimum atomic E-state index is -4.67. The molecule has 0 aliphatic carbocycles. The van der Waals surface area contributed by atoms with Crippen LogP contribution in [0.2, 0.25) is 0 Å². The molecule has 0 saturated heterocycles. The van der Waals surface area contributed by atoms with E-state index in [1.165, 1.54) is 25.1 Å². The van der Waals surface area contributed by atoms with Crippen molar-refractivity contribution in [3.05, 3.63) is 33.9 Å². The summed E-state index contributed by atoms with van der Waals surface area (Å²) in [4.78, 5) is 10.0. The van der Waals surface area contributed by atoms with Crippen molar-refractivity contribution in [2.75, 3.05) is 4.72 Å². The second kappa shape index (κ2) is 5.72. The average Bonchev–Trinajstić information content (AvgIpc) is 2.24. The van der Waals surface area contributed by atoms with Crippen LogP contribution >= 0.6 is 0 Å². The van der Waals surface area contributed by atoms with Gasteiger partial charge >= 0.3 is 20.6 Å². The highest BCUT2D eigenvalue weighted by molar-refractivity contribution is 7.91. The fraction of sp³-hybridized carbons (Fsp3) is 0.125. The van der Waals surface area contributed by atoms with Gasteiger partial charge < -0.3 is 0 Å². The molecule has 11 nitrogen and oxygen atoms in total. The summed E-state index contributed by atoms with van der Waals surface area (Å²) in [5.74, 6) is 0. The Morgan fingerprint density at radius 3 is 2.33 bits per heavy atom. The van der Waals surface area contributed by atoms with Gasteiger partial charge in [-0.2, -0.15) is 16.8 Å². The monoisotopic (exact) mass is 339 g/mol. The lowest BCUT2D eigenvalue weighted by atomic mass is 10.1. The summed E-state index contributed by atoms with van der Waals surface area (Å²) >= 11 is 0. The first kappa shape index (κ1) is 17.0. The number of non-ortho nitro benzene ring substituents is 1. The molecule has 1 aliphatic heterocycles. The van der Waals surface area contributed by atoms with Crippen LogP contribution in [0.1, 0.15) is 12.5 Å². The van der Waals surface area contributed by atoms with E-state index in [1.807, 2.05) is 0 Å². The van der Waals surface area contributed by atoms with Gasteiger partial charge in [-0.05, 0) is 13.0 Å². The van der Waals surface area contributed by atoms with E-state index in [1.54, 1.807) is 0 Å². The molecule has 0 radical (unpaired) electrons. The quantitative estimate of drug-likeness (QED) is 0.374. The Balaban J connectivity index is 0.000000383. The molecule has 1 aromatic carbocycles. The van der Waals surface area contributed by atoms with Crippen LogP contribution in [0.5, 0.6) is 0 Å². The first-order chi connectivity index (χ1) is 9.39. The van der Waals surface area contributed by atoms with Crippen molar-refractivity contribution in [3.63, 3.8) is 0 Å². The van der Waals surface area contributed by atoms with Crippen molar-refractivity contribution in [1.29, 1.82) is 0 Å². The molecule has 0 unspecified atom stereocenters. The Morgan fingerprint density at radius 2 is 1.86 bits per heavy atom. The van der Waals surface area contributed by atoms with Gasteiger partial charge in [-0.25, -0.2) is 0 Å². The van der Waals surface area contributed by atoms with Crippen LogP contribution in [0.4, 0.5) is 11.4 Å². The Bertz CT molecular complexity index is 804. The molecule has 3 N–H and O–H groups in total. The summed E-state index contributed by atoms with van der Waals surface area (Å²) in [6.45, 7) is 1.49. The maximum Gasteiger partial charge on any atom is 0.394 e. The molecule has 1 heterocycles. The van der Waals surface area contributed by atoms with Crippen LogP contribution in [-0.2, 0) is 20.6 Å². The topological polar surface area (TPSA) is 176 Å². The smallest absolute Gasteiger partial charge is 0.264 e. The van der Waals surface area contributed by atoms with Crippen LogP contribution in [0.25, 0.3) is 0 Å². The number of fused-ring (bicyclic) bond motifs is 1. The highest BCUT2D eigenvalue weighted by atomic mass is 32.3. The molecule has 116 valence electrons. The zero-order chi connectivity index (χ0) is 16.4. The molecule has 1 aliphatic rings. The molecule has 21 heavy (non-hydrogen) atoms. The Morgan fingerprint density at radius 1 is 1.33 bits per heavy atom. The van der Waals surface area contributed by atoms with E-state index in [0.717, 1.165) is 0 Å². The summed E-state index contributed by atoms with van der Waals surface area (Å²) in [7, 11) is -8.38. The number of nitro groups is 1. The van der Waals surface area contributed by atoms with Gasteiger partial charge in [-0.15, -0.1) is 4.40 Å². The molecular weight excluding hydrogens is 330 g/mol. The Labute approximate surface area is 119 Å². The number of hydrogen-bond acceptors (Lipinski definition) is 6. The maximum atomic E-state index is 11.2. The second-order valence-electron chi connectivity index (χ2n) is 3.69. The zero-order valence-electron chi connectivity index (χ0n) is 10.3. The predicted octanol–water partition coefficient (Wildman–Crippen LogP) is 0.421. The fourth-order valence-corrected chi connectivity index (χ4v) is 2.39. The van der Waals surface area contributed by atoms with E-state index >= 15 is 0 Å². The number of nitro benzene ring substituents is 1. The highest BCUT2D eigenvalue weighted by Gasteiger charge is 2.22. The first-order valence-corrected chi connectivity index (χ1v) is 7.81. The molecule has 0 amide bonds. The molecule has 13 heteroatoms. The Kier molecular flexibility index (Phi) is 4.62. The second-order valence-corrected chi connectivity index (χ2v) is 5.92. The zero-order valence-corrected chi connectivity index (χ0v) is 11.9. The predicted molar refractivity (Wildman–Crippen MR) is 72.0 cm³/mol. The number of nitrogens with one attached hydrogen (secondary N) is 1. The third-order valence-electron chi connectivity index (χ3n) is 2.10. The summed E-state index contributed by atoms with van der Waals surface area (Å²) in [5.41, 5.74) is 0.856. The average molecular weight is 339 g/mol. The van der Waals surface area contributed by atoms with Gasteiger partial charge in [-0.1, -0.05) is 0 Å². The molecule has 0 saturated carbocycles. The Hall–Kier alpha value is -2.09. The normalized spacial score (nSPS) is 15.7. The van der Waals surface area contributed by atoms with Crippen LogP contribution < -0.4 is 4.72 Å². The van der Waals surface area contributed by atoms with Crippen molar-refractivity contribution in [2.45, 2.75) is 6.92 Å². The van der Waals surface area contributed by atoms with Crippen LogP contribution in [0, 0.1) is 10.1 Å². The van der Waals surface area contributed by atoms with E-state index in [9.17, 15) is 18.5 Å². The molecule has 0 fully saturated rings.